The van der Waals surface area contributed by atoms with E-state index in [1.54, 1.807) is 24.5 Å². The Hall–Kier alpha value is -2.48. The Morgan fingerprint density at radius 1 is 1.21 bits per heavy atom. The number of aromatic nitrogens is 2. The fourth-order valence-electron chi connectivity index (χ4n) is 2.53. The summed E-state index contributed by atoms with van der Waals surface area (Å²) in [4.78, 5) is 20.5. The molecule has 1 saturated heterocycles. The van der Waals surface area contributed by atoms with Crippen LogP contribution in [0.4, 0.5) is 5.69 Å². The first kappa shape index (κ1) is 16.4. The molecule has 2 aromatic rings. The topological polar surface area (TPSA) is 101 Å². The third-order valence-corrected chi connectivity index (χ3v) is 5.53. The fourth-order valence-corrected chi connectivity index (χ4v) is 4.20. The van der Waals surface area contributed by atoms with Gasteiger partial charge >= 0.3 is 0 Å². The first-order valence-corrected chi connectivity index (χ1v) is 9.45. The third-order valence-electron chi connectivity index (χ3n) is 3.76. The predicted octanol–water partition coefficient (Wildman–Crippen LogP) is 1.01. The van der Waals surface area contributed by atoms with Crippen LogP contribution in [0.3, 0.4) is 0 Å². The minimum Gasteiger partial charge on any atom is -0.379 e. The third kappa shape index (κ3) is 4.29. The van der Waals surface area contributed by atoms with Crippen LogP contribution in [0.15, 0.2) is 42.7 Å². The van der Waals surface area contributed by atoms with Gasteiger partial charge in [0.05, 0.1) is 23.7 Å². The van der Waals surface area contributed by atoms with Crippen molar-refractivity contribution < 1.29 is 13.2 Å². The molecule has 0 saturated carbocycles. The molecule has 7 nitrogen and oxygen atoms in total. The molecule has 1 aliphatic heterocycles. The van der Waals surface area contributed by atoms with Gasteiger partial charge in [-0.15, -0.1) is 0 Å². The molecule has 0 bridgehead atoms. The van der Waals surface area contributed by atoms with Crippen molar-refractivity contribution in [2.75, 3.05) is 16.8 Å². The fraction of sp³-hybridized carbons (Fsp3) is 0.312. The molecule has 126 valence electrons. The quantitative estimate of drug-likeness (QED) is 0.838. The Morgan fingerprint density at radius 3 is 2.79 bits per heavy atom. The van der Waals surface area contributed by atoms with Crippen molar-refractivity contribution in [2.45, 2.75) is 19.0 Å². The lowest BCUT2D eigenvalue weighted by Crippen LogP contribution is -2.36. The van der Waals surface area contributed by atoms with Gasteiger partial charge in [-0.2, -0.15) is 0 Å². The summed E-state index contributed by atoms with van der Waals surface area (Å²) in [5.41, 5.74) is 1.89. The van der Waals surface area contributed by atoms with E-state index in [1.807, 2.05) is 18.2 Å². The largest absolute Gasteiger partial charge is 0.379 e. The van der Waals surface area contributed by atoms with Crippen molar-refractivity contribution in [3.05, 3.63) is 54.1 Å². The summed E-state index contributed by atoms with van der Waals surface area (Å²) in [5.74, 6) is -0.244. The van der Waals surface area contributed by atoms with Gasteiger partial charge in [0.2, 0.25) is 0 Å². The van der Waals surface area contributed by atoms with Crippen molar-refractivity contribution in [3.63, 3.8) is 0 Å². The molecule has 1 fully saturated rings. The van der Waals surface area contributed by atoms with Crippen LogP contribution in [0.1, 0.15) is 22.6 Å². The zero-order valence-electron chi connectivity index (χ0n) is 13.0. The number of carbonyl (C=O) groups is 1. The van der Waals surface area contributed by atoms with Crippen LogP contribution in [-0.2, 0) is 16.4 Å². The number of hydrogen-bond acceptors (Lipinski definition) is 6. The molecule has 2 N–H and O–H groups in total. The van der Waals surface area contributed by atoms with Crippen molar-refractivity contribution in [1.29, 1.82) is 0 Å². The highest BCUT2D eigenvalue weighted by molar-refractivity contribution is 7.91. The highest BCUT2D eigenvalue weighted by Crippen LogP contribution is 2.13. The normalized spacial score (nSPS) is 18.9. The van der Waals surface area contributed by atoms with E-state index in [4.69, 9.17) is 0 Å². The summed E-state index contributed by atoms with van der Waals surface area (Å²) in [7, 11) is -3.03. The van der Waals surface area contributed by atoms with E-state index in [2.05, 4.69) is 20.6 Å². The Kier molecular flexibility index (Phi) is 4.75. The van der Waals surface area contributed by atoms with Gasteiger partial charge in [-0.25, -0.2) is 8.42 Å². The van der Waals surface area contributed by atoms with E-state index in [0.717, 1.165) is 11.4 Å². The predicted molar refractivity (Wildman–Crippen MR) is 90.3 cm³/mol. The van der Waals surface area contributed by atoms with E-state index in [1.165, 1.54) is 0 Å². The number of rotatable bonds is 5. The smallest absolute Gasteiger partial charge is 0.270 e. The minimum atomic E-state index is -3.03. The van der Waals surface area contributed by atoms with Crippen molar-refractivity contribution in [3.8, 4) is 0 Å². The molecule has 3 rings (SSSR count). The van der Waals surface area contributed by atoms with E-state index < -0.39 is 9.84 Å². The highest BCUT2D eigenvalue weighted by atomic mass is 32.2. The summed E-state index contributed by atoms with van der Waals surface area (Å²) in [6.45, 7) is 0.535. The van der Waals surface area contributed by atoms with Crippen molar-refractivity contribution in [1.82, 2.24) is 15.3 Å². The number of amides is 1. The second-order valence-electron chi connectivity index (χ2n) is 5.68. The zero-order chi connectivity index (χ0) is 17.0. The van der Waals surface area contributed by atoms with Crippen LogP contribution in [0.25, 0.3) is 0 Å². The number of sulfone groups is 1. The number of nitrogens with zero attached hydrogens (tertiary/aromatic N) is 2. The van der Waals surface area contributed by atoms with Gasteiger partial charge in [-0.1, -0.05) is 6.07 Å². The van der Waals surface area contributed by atoms with Crippen molar-refractivity contribution in [2.24, 2.45) is 0 Å². The summed E-state index contributed by atoms with van der Waals surface area (Å²) >= 11 is 0. The monoisotopic (exact) mass is 346 g/mol. The van der Waals surface area contributed by atoms with E-state index in [9.17, 15) is 13.2 Å². The maximum Gasteiger partial charge on any atom is 0.270 e. The van der Waals surface area contributed by atoms with Gasteiger partial charge in [0, 0.05) is 24.1 Å². The molecule has 1 aliphatic rings. The van der Waals surface area contributed by atoms with Crippen LogP contribution >= 0.6 is 0 Å². The number of nitrogens with one attached hydrogen (secondary N) is 2. The van der Waals surface area contributed by atoms with Crippen LogP contribution in [0, 0.1) is 0 Å². The molecule has 0 aromatic carbocycles. The Morgan fingerprint density at radius 2 is 2.08 bits per heavy atom. The lowest BCUT2D eigenvalue weighted by Gasteiger charge is -2.11. The first-order chi connectivity index (χ1) is 11.5. The Labute approximate surface area is 140 Å². The van der Waals surface area contributed by atoms with E-state index in [0.29, 0.717) is 13.0 Å². The zero-order valence-corrected chi connectivity index (χ0v) is 13.8. The second kappa shape index (κ2) is 6.96. The van der Waals surface area contributed by atoms with Gasteiger partial charge < -0.3 is 10.6 Å². The standard InChI is InChI=1S/C16H18N4O3S/c21-16(20-14-5-8-24(22,23)11-14)15-9-12(4-7-18-15)19-10-13-3-1-2-6-17-13/h1-4,6-7,9,14H,5,8,10-11H2,(H,18,19)(H,20,21). The number of pyridine rings is 2. The second-order valence-corrected chi connectivity index (χ2v) is 7.91. The van der Waals surface area contributed by atoms with Gasteiger partial charge in [0.25, 0.3) is 5.91 Å². The summed E-state index contributed by atoms with van der Waals surface area (Å²) in [6, 6.07) is 8.73. The molecule has 1 unspecified atom stereocenters. The molecule has 8 heteroatoms. The lowest BCUT2D eigenvalue weighted by atomic mass is 10.2. The molecule has 0 radical (unpaired) electrons. The number of hydrogen-bond donors (Lipinski definition) is 2. The van der Waals surface area contributed by atoms with Gasteiger partial charge in [-0.3, -0.25) is 14.8 Å². The highest BCUT2D eigenvalue weighted by Gasteiger charge is 2.29. The SMILES string of the molecule is O=C(NC1CCS(=O)(=O)C1)c1cc(NCc2ccccn2)ccn1. The first-order valence-electron chi connectivity index (χ1n) is 7.63. The summed E-state index contributed by atoms with van der Waals surface area (Å²) in [5, 5.41) is 5.92. The maximum absolute atomic E-state index is 12.2. The molecule has 0 spiro atoms. The average molecular weight is 346 g/mol. The van der Waals surface area contributed by atoms with E-state index in [-0.39, 0.29) is 29.1 Å². The Bertz CT molecular complexity index is 824. The molecule has 1 amide bonds. The van der Waals surface area contributed by atoms with E-state index >= 15 is 0 Å². The minimum absolute atomic E-state index is 0.00361. The van der Waals surface area contributed by atoms with Gasteiger partial charge in [0.15, 0.2) is 9.84 Å². The van der Waals surface area contributed by atoms with Crippen LogP contribution < -0.4 is 10.6 Å². The average Bonchev–Trinajstić information content (AvgIpc) is 2.93. The van der Waals surface area contributed by atoms with Crippen LogP contribution in [0.5, 0.6) is 0 Å². The molecule has 2 aromatic heterocycles. The lowest BCUT2D eigenvalue weighted by molar-refractivity contribution is 0.0936. The molecule has 3 heterocycles. The summed E-state index contributed by atoms with van der Waals surface area (Å²) < 4.78 is 22.9. The Balaban J connectivity index is 1.61. The van der Waals surface area contributed by atoms with Crippen LogP contribution in [0.2, 0.25) is 0 Å². The number of anilines is 1. The number of carbonyl (C=O) groups excluding carboxylic acids is 1. The summed E-state index contributed by atoms with van der Waals surface area (Å²) in [6.07, 6.45) is 3.71. The molecular weight excluding hydrogens is 328 g/mol. The maximum atomic E-state index is 12.2. The molecule has 0 aliphatic carbocycles. The molecule has 1 atom stereocenters. The van der Waals surface area contributed by atoms with Gasteiger partial charge in [-0.05, 0) is 30.7 Å². The van der Waals surface area contributed by atoms with Crippen molar-refractivity contribution >= 4 is 21.4 Å². The molecular formula is C16H18N4O3S. The van der Waals surface area contributed by atoms with Gasteiger partial charge in [0.1, 0.15) is 5.69 Å². The van der Waals surface area contributed by atoms with Crippen LogP contribution in [-0.4, -0.2) is 41.8 Å². The molecule has 24 heavy (non-hydrogen) atoms.